The predicted octanol–water partition coefficient (Wildman–Crippen LogP) is 2.62. The Morgan fingerprint density at radius 3 is 2.56 bits per heavy atom. The van der Waals surface area contributed by atoms with Crippen molar-refractivity contribution in [3.63, 3.8) is 0 Å². The van der Waals surface area contributed by atoms with Gasteiger partial charge in [0.2, 0.25) is 0 Å². The fourth-order valence-corrected chi connectivity index (χ4v) is 2.68. The summed E-state index contributed by atoms with van der Waals surface area (Å²) >= 11 is 1.95. The van der Waals surface area contributed by atoms with Gasteiger partial charge in [0.1, 0.15) is 0 Å². The minimum absolute atomic E-state index is 0.158. The fourth-order valence-electron chi connectivity index (χ4n) is 1.93. The Bertz CT molecular complexity index is 416. The average Bonchev–Trinajstić information content (AvgIpc) is 3.16. The highest BCUT2D eigenvalue weighted by atomic mass is 32.2. The number of benzene rings is 1. The first-order chi connectivity index (χ1) is 8.65. The van der Waals surface area contributed by atoms with E-state index in [1.807, 2.05) is 23.9 Å². The molecular formula is C13H18N2O2S. The number of thioether (sulfide) groups is 1. The van der Waals surface area contributed by atoms with Crippen molar-refractivity contribution in [2.45, 2.75) is 24.0 Å². The summed E-state index contributed by atoms with van der Waals surface area (Å²) in [6.07, 6.45) is 5.73. The van der Waals surface area contributed by atoms with Gasteiger partial charge in [0, 0.05) is 23.4 Å². The lowest BCUT2D eigenvalue weighted by atomic mass is 10.1. The Kier molecular flexibility index (Phi) is 4.24. The van der Waals surface area contributed by atoms with E-state index in [1.54, 1.807) is 12.1 Å². The first kappa shape index (κ1) is 13.4. The van der Waals surface area contributed by atoms with Gasteiger partial charge in [0.25, 0.3) is 5.69 Å². The molecule has 0 atom stereocenters. The summed E-state index contributed by atoms with van der Waals surface area (Å²) in [5.41, 5.74) is 1.30. The molecule has 0 saturated heterocycles. The van der Waals surface area contributed by atoms with Gasteiger partial charge in [0.15, 0.2) is 0 Å². The normalized spacial score (nSPS) is 16.5. The van der Waals surface area contributed by atoms with Crippen LogP contribution in [0.3, 0.4) is 0 Å². The zero-order chi connectivity index (χ0) is 13.0. The topological polar surface area (TPSA) is 55.2 Å². The molecule has 1 aromatic carbocycles. The third-order valence-corrected chi connectivity index (χ3v) is 4.84. The SMILES string of the molecule is CSC1(CNCCc2ccc([N+](=O)[O-])cc2)CC1. The van der Waals surface area contributed by atoms with Gasteiger partial charge in [0.05, 0.1) is 4.92 Å². The lowest BCUT2D eigenvalue weighted by Gasteiger charge is -2.12. The largest absolute Gasteiger partial charge is 0.315 e. The molecule has 1 aromatic rings. The predicted molar refractivity (Wildman–Crippen MR) is 75.2 cm³/mol. The van der Waals surface area contributed by atoms with Crippen LogP contribution in [0.1, 0.15) is 18.4 Å². The first-order valence-electron chi connectivity index (χ1n) is 6.14. The molecule has 1 saturated carbocycles. The van der Waals surface area contributed by atoms with Crippen LogP contribution in [-0.4, -0.2) is 29.0 Å². The molecule has 5 heteroatoms. The van der Waals surface area contributed by atoms with Crippen LogP contribution in [0.15, 0.2) is 24.3 Å². The van der Waals surface area contributed by atoms with Crippen molar-refractivity contribution in [1.82, 2.24) is 5.32 Å². The van der Waals surface area contributed by atoms with Crippen LogP contribution in [0.2, 0.25) is 0 Å². The standard InChI is InChI=1S/C13H18N2O2S/c1-18-13(7-8-13)10-14-9-6-11-2-4-12(5-3-11)15(16)17/h2-5,14H,6-10H2,1H3. The monoisotopic (exact) mass is 266 g/mol. The molecule has 1 aliphatic rings. The summed E-state index contributed by atoms with van der Waals surface area (Å²) in [5.74, 6) is 0. The van der Waals surface area contributed by atoms with Gasteiger partial charge in [-0.3, -0.25) is 10.1 Å². The summed E-state index contributed by atoms with van der Waals surface area (Å²) < 4.78 is 0.496. The van der Waals surface area contributed by atoms with Crippen LogP contribution >= 0.6 is 11.8 Å². The molecule has 0 aliphatic heterocycles. The van der Waals surface area contributed by atoms with Gasteiger partial charge in [-0.15, -0.1) is 0 Å². The highest BCUT2D eigenvalue weighted by molar-refractivity contribution is 8.00. The smallest absolute Gasteiger partial charge is 0.269 e. The second-order valence-corrected chi connectivity index (χ2v) is 6.01. The molecule has 0 aromatic heterocycles. The number of nitrogens with one attached hydrogen (secondary N) is 1. The van der Waals surface area contributed by atoms with Crippen LogP contribution in [0.4, 0.5) is 5.69 Å². The number of non-ortho nitro benzene ring substituents is 1. The van der Waals surface area contributed by atoms with Crippen LogP contribution in [-0.2, 0) is 6.42 Å². The van der Waals surface area contributed by atoms with Crippen molar-refractivity contribution in [3.05, 3.63) is 39.9 Å². The molecule has 0 heterocycles. The van der Waals surface area contributed by atoms with Crippen molar-refractivity contribution in [2.24, 2.45) is 0 Å². The Balaban J connectivity index is 1.71. The Hall–Kier alpha value is -1.07. The summed E-state index contributed by atoms with van der Waals surface area (Å²) in [4.78, 5) is 10.2. The number of hydrogen-bond acceptors (Lipinski definition) is 4. The van der Waals surface area contributed by atoms with Crippen molar-refractivity contribution >= 4 is 17.4 Å². The maximum Gasteiger partial charge on any atom is 0.269 e. The molecule has 1 fully saturated rings. The molecule has 1 N–H and O–H groups in total. The fraction of sp³-hybridized carbons (Fsp3) is 0.538. The number of nitro benzene ring substituents is 1. The van der Waals surface area contributed by atoms with Gasteiger partial charge >= 0.3 is 0 Å². The van der Waals surface area contributed by atoms with Crippen LogP contribution in [0.25, 0.3) is 0 Å². The second-order valence-electron chi connectivity index (χ2n) is 4.74. The Labute approximate surface area is 111 Å². The van der Waals surface area contributed by atoms with Crippen molar-refractivity contribution in [3.8, 4) is 0 Å². The van der Waals surface area contributed by atoms with E-state index in [9.17, 15) is 10.1 Å². The Morgan fingerprint density at radius 2 is 2.06 bits per heavy atom. The van der Waals surface area contributed by atoms with Gasteiger partial charge in [-0.1, -0.05) is 12.1 Å². The molecule has 18 heavy (non-hydrogen) atoms. The van der Waals surface area contributed by atoms with Crippen LogP contribution in [0.5, 0.6) is 0 Å². The second kappa shape index (κ2) is 5.71. The third kappa shape index (κ3) is 3.46. The zero-order valence-electron chi connectivity index (χ0n) is 10.5. The number of rotatable bonds is 7. The lowest BCUT2D eigenvalue weighted by Crippen LogP contribution is -2.27. The molecule has 98 valence electrons. The van der Waals surface area contributed by atoms with Crippen LogP contribution in [0, 0.1) is 10.1 Å². The van der Waals surface area contributed by atoms with E-state index in [4.69, 9.17) is 0 Å². The highest BCUT2D eigenvalue weighted by Gasteiger charge is 2.41. The molecule has 0 unspecified atom stereocenters. The summed E-state index contributed by atoms with van der Waals surface area (Å²) in [6, 6.07) is 6.81. The number of nitrogens with zero attached hydrogens (tertiary/aromatic N) is 1. The van der Waals surface area contributed by atoms with E-state index in [2.05, 4.69) is 11.6 Å². The van der Waals surface area contributed by atoms with E-state index in [1.165, 1.54) is 12.8 Å². The lowest BCUT2D eigenvalue weighted by molar-refractivity contribution is -0.384. The zero-order valence-corrected chi connectivity index (χ0v) is 11.3. The van der Waals surface area contributed by atoms with Crippen molar-refractivity contribution in [2.75, 3.05) is 19.3 Å². The van der Waals surface area contributed by atoms with E-state index < -0.39 is 0 Å². The quantitative estimate of drug-likeness (QED) is 0.468. The van der Waals surface area contributed by atoms with E-state index in [-0.39, 0.29) is 10.6 Å². The van der Waals surface area contributed by atoms with Gasteiger partial charge in [-0.05, 0) is 37.6 Å². The van der Waals surface area contributed by atoms with E-state index in [0.29, 0.717) is 4.75 Å². The van der Waals surface area contributed by atoms with Crippen LogP contribution < -0.4 is 5.32 Å². The van der Waals surface area contributed by atoms with Gasteiger partial charge in [-0.25, -0.2) is 0 Å². The Morgan fingerprint density at radius 1 is 1.39 bits per heavy atom. The molecule has 4 nitrogen and oxygen atoms in total. The van der Waals surface area contributed by atoms with Gasteiger partial charge < -0.3 is 5.32 Å². The first-order valence-corrected chi connectivity index (χ1v) is 7.37. The van der Waals surface area contributed by atoms with Gasteiger partial charge in [-0.2, -0.15) is 11.8 Å². The maximum absolute atomic E-state index is 10.5. The van der Waals surface area contributed by atoms with E-state index >= 15 is 0 Å². The number of hydrogen-bond donors (Lipinski definition) is 1. The third-order valence-electron chi connectivity index (χ3n) is 3.43. The molecule has 0 amide bonds. The maximum atomic E-state index is 10.5. The van der Waals surface area contributed by atoms with Crippen molar-refractivity contribution < 1.29 is 4.92 Å². The summed E-state index contributed by atoms with van der Waals surface area (Å²) in [7, 11) is 0. The molecule has 0 spiro atoms. The molecular weight excluding hydrogens is 248 g/mol. The summed E-state index contributed by atoms with van der Waals surface area (Å²) in [6.45, 7) is 2.00. The minimum Gasteiger partial charge on any atom is -0.315 e. The van der Waals surface area contributed by atoms with Crippen molar-refractivity contribution in [1.29, 1.82) is 0 Å². The molecule has 2 rings (SSSR count). The minimum atomic E-state index is -0.364. The number of nitro groups is 1. The molecule has 0 radical (unpaired) electrons. The highest BCUT2D eigenvalue weighted by Crippen LogP contribution is 2.46. The average molecular weight is 266 g/mol. The van der Waals surface area contributed by atoms with E-state index in [0.717, 1.165) is 25.1 Å². The molecule has 0 bridgehead atoms. The molecule has 1 aliphatic carbocycles. The summed E-state index contributed by atoms with van der Waals surface area (Å²) in [5, 5.41) is 14.0.